The second kappa shape index (κ2) is 8.07. The van der Waals surface area contributed by atoms with Gasteiger partial charge in [0.2, 0.25) is 0 Å². The highest BCUT2D eigenvalue weighted by atomic mass is 17.0. The molecule has 10 nitrogen and oxygen atoms in total. The van der Waals surface area contributed by atoms with Crippen molar-refractivity contribution in [3.63, 3.8) is 0 Å². The van der Waals surface area contributed by atoms with Crippen LogP contribution >= 0.6 is 0 Å². The van der Waals surface area contributed by atoms with E-state index >= 15 is 0 Å². The lowest BCUT2D eigenvalue weighted by Crippen LogP contribution is -2.24. The van der Waals surface area contributed by atoms with E-state index in [0.717, 1.165) is 0 Å². The lowest BCUT2D eigenvalue weighted by molar-refractivity contribution is -0.790. The van der Waals surface area contributed by atoms with Crippen LogP contribution in [0.25, 0.3) is 0 Å². The minimum atomic E-state index is -1.08. The van der Waals surface area contributed by atoms with Crippen LogP contribution in [0.5, 0.6) is 0 Å². The Morgan fingerprint density at radius 2 is 1.94 bits per heavy atom. The number of hydrogen-bond acceptors (Lipinski definition) is 8. The molecule has 0 amide bonds. The second-order valence-electron chi connectivity index (χ2n) is 2.94. The maximum atomic E-state index is 10.7. The highest BCUT2D eigenvalue weighted by Crippen LogP contribution is 2.07. The van der Waals surface area contributed by atoms with Crippen LogP contribution in [-0.2, 0) is 19.2 Å². The van der Waals surface area contributed by atoms with Crippen LogP contribution in [0.3, 0.4) is 0 Å². The maximum absolute atomic E-state index is 10.7. The molecule has 0 bridgehead atoms. The van der Waals surface area contributed by atoms with E-state index in [2.05, 4.69) is 14.4 Å². The fourth-order valence-corrected chi connectivity index (χ4v) is 1.01. The summed E-state index contributed by atoms with van der Waals surface area (Å²) in [6, 6.07) is 0. The molecule has 0 aliphatic rings. The van der Waals surface area contributed by atoms with Gasteiger partial charge in [-0.05, 0) is 12.8 Å². The smallest absolute Gasteiger partial charge is 0.305 e. The summed E-state index contributed by atoms with van der Waals surface area (Å²) >= 11 is 0. The van der Waals surface area contributed by atoms with Gasteiger partial charge in [0.15, 0.2) is 0 Å². The Hall–Kier alpha value is -2.13. The predicted octanol–water partition coefficient (Wildman–Crippen LogP) is 0.115. The number of methoxy groups -OCH3 is 1. The van der Waals surface area contributed by atoms with E-state index in [1.165, 1.54) is 7.11 Å². The first-order valence-electron chi connectivity index (χ1n) is 4.61. The van der Waals surface area contributed by atoms with Gasteiger partial charge in [0.25, 0.3) is 10.2 Å². The first kappa shape index (κ1) is 14.9. The van der Waals surface area contributed by atoms with E-state index in [-0.39, 0.29) is 19.3 Å². The molecule has 0 aliphatic carbocycles. The lowest BCUT2D eigenvalue weighted by atomic mass is 10.1. The second-order valence-corrected chi connectivity index (χ2v) is 2.94. The van der Waals surface area contributed by atoms with Crippen LogP contribution in [0, 0.1) is 20.2 Å². The molecule has 10 heteroatoms. The average molecular weight is 252 g/mol. The normalized spacial score (nSPS) is 11.4. The number of hydrogen-bond donors (Lipinski definition) is 0. The van der Waals surface area contributed by atoms with Gasteiger partial charge < -0.3 is 14.4 Å². The maximum Gasteiger partial charge on any atom is 0.305 e. The summed E-state index contributed by atoms with van der Waals surface area (Å²) < 4.78 is 4.36. The largest absolute Gasteiger partial charge is 0.469 e. The van der Waals surface area contributed by atoms with Crippen LogP contribution in [0.4, 0.5) is 0 Å². The molecule has 0 heterocycles. The number of esters is 1. The number of carbonyl (C=O) groups excluding carboxylic acids is 1. The van der Waals surface area contributed by atoms with Gasteiger partial charge in [-0.3, -0.25) is 4.79 Å². The van der Waals surface area contributed by atoms with Crippen molar-refractivity contribution in [3.05, 3.63) is 20.2 Å². The van der Waals surface area contributed by atoms with E-state index < -0.39 is 28.9 Å². The lowest BCUT2D eigenvalue weighted by Gasteiger charge is -2.12. The highest BCUT2D eigenvalue weighted by Gasteiger charge is 2.16. The monoisotopic (exact) mass is 252 g/mol. The van der Waals surface area contributed by atoms with Crippen molar-refractivity contribution in [3.8, 4) is 0 Å². The molecule has 0 fully saturated rings. The zero-order valence-corrected chi connectivity index (χ0v) is 9.07. The topological polar surface area (TPSA) is 131 Å². The minimum absolute atomic E-state index is 0.0482. The van der Waals surface area contributed by atoms with Crippen molar-refractivity contribution in [2.75, 3.05) is 13.7 Å². The summed E-state index contributed by atoms with van der Waals surface area (Å²) in [7, 11) is 1.21. The van der Waals surface area contributed by atoms with Crippen molar-refractivity contribution < 1.29 is 29.4 Å². The molecule has 0 unspecified atom stereocenters. The zero-order valence-electron chi connectivity index (χ0n) is 9.07. The first-order chi connectivity index (χ1) is 7.95. The molecule has 0 N–H and O–H groups in total. The van der Waals surface area contributed by atoms with Gasteiger partial charge in [-0.15, -0.1) is 20.2 Å². The van der Waals surface area contributed by atoms with Gasteiger partial charge in [-0.2, -0.15) is 0 Å². The third-order valence-corrected chi connectivity index (χ3v) is 1.74. The summed E-state index contributed by atoms with van der Waals surface area (Å²) in [5, 5.41) is 17.8. The quantitative estimate of drug-likeness (QED) is 0.321. The van der Waals surface area contributed by atoms with E-state index in [9.17, 15) is 25.0 Å². The van der Waals surface area contributed by atoms with Gasteiger partial charge in [0.1, 0.15) is 12.7 Å². The fourth-order valence-electron chi connectivity index (χ4n) is 1.01. The van der Waals surface area contributed by atoms with Crippen molar-refractivity contribution in [1.29, 1.82) is 0 Å². The third-order valence-electron chi connectivity index (χ3n) is 1.74. The first-order valence-corrected chi connectivity index (χ1v) is 4.61. The average Bonchev–Trinajstić information content (AvgIpc) is 2.24. The Balaban J connectivity index is 3.96. The van der Waals surface area contributed by atoms with Crippen molar-refractivity contribution >= 4 is 5.97 Å². The standard InChI is InChI=1S/C7H12N2O8/c1-15-7(10)4-2-3-6(17-9(13)14)5-16-8(11)12/h6H,2-5H2,1H3/t6-/m0/s1. The molecule has 0 radical (unpaired) electrons. The van der Waals surface area contributed by atoms with E-state index in [0.29, 0.717) is 0 Å². The SMILES string of the molecule is COC(=O)CCC[C@@H](CO[N+](=O)[O-])O[N+](=O)[O-]. The van der Waals surface area contributed by atoms with Crippen molar-refractivity contribution in [1.82, 2.24) is 0 Å². The van der Waals surface area contributed by atoms with Crippen molar-refractivity contribution in [2.24, 2.45) is 0 Å². The van der Waals surface area contributed by atoms with Crippen LogP contribution in [0.15, 0.2) is 0 Å². The Kier molecular flexibility index (Phi) is 7.06. The molecule has 0 aromatic carbocycles. The van der Waals surface area contributed by atoms with Gasteiger partial charge in [-0.25, -0.2) is 0 Å². The van der Waals surface area contributed by atoms with Crippen LogP contribution in [0.1, 0.15) is 19.3 Å². The van der Waals surface area contributed by atoms with E-state index in [1.54, 1.807) is 0 Å². The molecule has 0 aromatic heterocycles. The third kappa shape index (κ3) is 8.84. The molecule has 1 atom stereocenters. The van der Waals surface area contributed by atoms with Crippen molar-refractivity contribution in [2.45, 2.75) is 25.4 Å². The molecule has 0 aliphatic heterocycles. The fraction of sp³-hybridized carbons (Fsp3) is 0.857. The molecule has 0 saturated heterocycles. The Morgan fingerprint density at radius 3 is 2.41 bits per heavy atom. The van der Waals surface area contributed by atoms with Gasteiger partial charge in [0, 0.05) is 6.42 Å². The minimum Gasteiger partial charge on any atom is -0.469 e. The van der Waals surface area contributed by atoms with Crippen LogP contribution in [0.2, 0.25) is 0 Å². The van der Waals surface area contributed by atoms with E-state index in [4.69, 9.17) is 0 Å². The molecule has 98 valence electrons. The molecule has 0 saturated carbocycles. The number of carbonyl (C=O) groups is 1. The molecule has 0 aromatic rings. The van der Waals surface area contributed by atoms with E-state index in [1.807, 2.05) is 0 Å². The summed E-state index contributed by atoms with van der Waals surface area (Å²) in [6.07, 6.45) is -0.719. The summed E-state index contributed by atoms with van der Waals surface area (Å²) in [5.74, 6) is -0.472. The summed E-state index contributed by atoms with van der Waals surface area (Å²) in [5.41, 5.74) is 0. The van der Waals surface area contributed by atoms with Gasteiger partial charge in [-0.1, -0.05) is 0 Å². The Morgan fingerprint density at radius 1 is 1.29 bits per heavy atom. The molecular weight excluding hydrogens is 240 g/mol. The predicted molar refractivity (Wildman–Crippen MR) is 50.7 cm³/mol. The number of rotatable bonds is 9. The molecule has 0 rings (SSSR count). The van der Waals surface area contributed by atoms with Crippen LogP contribution in [-0.4, -0.2) is 36.0 Å². The molecular formula is C7H12N2O8. The Labute approximate surface area is 95.6 Å². The number of nitrogens with zero attached hydrogens (tertiary/aromatic N) is 2. The zero-order chi connectivity index (χ0) is 13.3. The summed E-state index contributed by atoms with van der Waals surface area (Å²) in [4.78, 5) is 38.8. The van der Waals surface area contributed by atoms with Gasteiger partial charge >= 0.3 is 5.97 Å². The summed E-state index contributed by atoms with van der Waals surface area (Å²) in [6.45, 7) is -0.560. The van der Waals surface area contributed by atoms with Crippen LogP contribution < -0.4 is 0 Å². The molecule has 17 heavy (non-hydrogen) atoms. The Bertz CT molecular complexity index is 281. The highest BCUT2D eigenvalue weighted by molar-refractivity contribution is 5.68. The van der Waals surface area contributed by atoms with Gasteiger partial charge in [0.05, 0.1) is 7.11 Å². The number of ether oxygens (including phenoxy) is 1. The molecule has 0 spiro atoms.